The van der Waals surface area contributed by atoms with E-state index in [1.54, 1.807) is 0 Å². The molecule has 0 amide bonds. The zero-order valence-corrected chi connectivity index (χ0v) is 13.2. The molecule has 0 saturated carbocycles. The van der Waals surface area contributed by atoms with E-state index in [1.165, 1.54) is 17.6 Å². The van der Waals surface area contributed by atoms with Crippen LogP contribution in [-0.4, -0.2) is 13.2 Å². The van der Waals surface area contributed by atoms with Crippen LogP contribution in [0.1, 0.15) is 58.1 Å². The quantitative estimate of drug-likeness (QED) is 0.486. The lowest BCUT2D eigenvalue weighted by molar-refractivity contribution is 0.309. The Morgan fingerprint density at radius 1 is 1.20 bits per heavy atom. The smallest absolute Gasteiger partial charge is 0.119 e. The maximum Gasteiger partial charge on any atom is 0.119 e. The van der Waals surface area contributed by atoms with Crippen LogP contribution in [0.15, 0.2) is 36.4 Å². The third kappa shape index (κ3) is 6.25. The van der Waals surface area contributed by atoms with E-state index in [1.807, 2.05) is 0 Å². The number of hydrogen-bond donors (Lipinski definition) is 1. The monoisotopic (exact) mass is 275 g/mol. The number of benzene rings is 1. The SMILES string of the molecule is C=C(C)CC(NCCC)c1ccc(OCCCC)cc1. The molecule has 1 aromatic carbocycles. The van der Waals surface area contributed by atoms with E-state index >= 15 is 0 Å². The van der Waals surface area contributed by atoms with Gasteiger partial charge in [-0.3, -0.25) is 0 Å². The van der Waals surface area contributed by atoms with Crippen LogP contribution in [0.5, 0.6) is 5.75 Å². The minimum absolute atomic E-state index is 0.358. The summed E-state index contributed by atoms with van der Waals surface area (Å²) in [4.78, 5) is 0. The van der Waals surface area contributed by atoms with Crippen molar-refractivity contribution in [3.05, 3.63) is 42.0 Å². The van der Waals surface area contributed by atoms with E-state index in [9.17, 15) is 0 Å². The summed E-state index contributed by atoms with van der Waals surface area (Å²) < 4.78 is 5.71. The second-order valence-corrected chi connectivity index (χ2v) is 5.44. The fourth-order valence-corrected chi connectivity index (χ4v) is 2.11. The van der Waals surface area contributed by atoms with Crippen molar-refractivity contribution >= 4 is 0 Å². The van der Waals surface area contributed by atoms with Gasteiger partial charge >= 0.3 is 0 Å². The lowest BCUT2D eigenvalue weighted by Gasteiger charge is -2.19. The normalized spacial score (nSPS) is 12.2. The molecule has 1 rings (SSSR count). The Bertz CT molecular complexity index is 383. The Labute approximate surface area is 124 Å². The van der Waals surface area contributed by atoms with Gasteiger partial charge in [-0.1, -0.05) is 38.0 Å². The molecular formula is C18H29NO. The molecule has 0 aromatic heterocycles. The van der Waals surface area contributed by atoms with Crippen molar-refractivity contribution in [1.82, 2.24) is 5.32 Å². The molecule has 0 aliphatic rings. The minimum atomic E-state index is 0.358. The molecule has 1 atom stereocenters. The Morgan fingerprint density at radius 2 is 1.90 bits per heavy atom. The average molecular weight is 275 g/mol. The molecule has 0 spiro atoms. The molecule has 0 aliphatic carbocycles. The van der Waals surface area contributed by atoms with Crippen molar-refractivity contribution in [2.75, 3.05) is 13.2 Å². The van der Waals surface area contributed by atoms with Gasteiger partial charge in [0, 0.05) is 6.04 Å². The van der Waals surface area contributed by atoms with Crippen LogP contribution >= 0.6 is 0 Å². The largest absolute Gasteiger partial charge is 0.494 e. The highest BCUT2D eigenvalue weighted by molar-refractivity contribution is 5.29. The summed E-state index contributed by atoms with van der Waals surface area (Å²) in [6, 6.07) is 8.83. The van der Waals surface area contributed by atoms with Crippen molar-refractivity contribution < 1.29 is 4.74 Å². The van der Waals surface area contributed by atoms with Gasteiger partial charge in [0.05, 0.1) is 6.61 Å². The molecule has 0 aliphatic heterocycles. The molecule has 20 heavy (non-hydrogen) atoms. The van der Waals surface area contributed by atoms with Crippen LogP contribution in [-0.2, 0) is 0 Å². The fraction of sp³-hybridized carbons (Fsp3) is 0.556. The number of nitrogens with one attached hydrogen (secondary N) is 1. The van der Waals surface area contributed by atoms with E-state index in [4.69, 9.17) is 4.74 Å². The third-order valence-electron chi connectivity index (χ3n) is 3.24. The van der Waals surface area contributed by atoms with Gasteiger partial charge in [-0.15, -0.1) is 6.58 Å². The van der Waals surface area contributed by atoms with Crippen LogP contribution < -0.4 is 10.1 Å². The van der Waals surface area contributed by atoms with Gasteiger partial charge in [-0.2, -0.15) is 0 Å². The van der Waals surface area contributed by atoms with E-state index < -0.39 is 0 Å². The molecule has 0 heterocycles. The van der Waals surface area contributed by atoms with Crippen molar-refractivity contribution in [3.63, 3.8) is 0 Å². The maximum absolute atomic E-state index is 5.71. The number of unbranched alkanes of at least 4 members (excludes halogenated alkanes) is 1. The van der Waals surface area contributed by atoms with E-state index in [0.717, 1.165) is 38.2 Å². The van der Waals surface area contributed by atoms with Gasteiger partial charge in [-0.25, -0.2) is 0 Å². The topological polar surface area (TPSA) is 21.3 Å². The van der Waals surface area contributed by atoms with Crippen molar-refractivity contribution in [1.29, 1.82) is 0 Å². The van der Waals surface area contributed by atoms with Gasteiger partial charge in [-0.05, 0) is 50.4 Å². The van der Waals surface area contributed by atoms with Gasteiger partial charge in [0.25, 0.3) is 0 Å². The van der Waals surface area contributed by atoms with Gasteiger partial charge in [0.2, 0.25) is 0 Å². The first-order chi connectivity index (χ1) is 9.67. The summed E-state index contributed by atoms with van der Waals surface area (Å²) in [5, 5.41) is 3.59. The second kappa shape index (κ2) is 9.60. The standard InChI is InChI=1S/C18H29NO/c1-5-7-13-20-17-10-8-16(9-11-17)18(14-15(3)4)19-12-6-2/h8-11,18-19H,3,5-7,12-14H2,1-2,4H3. The zero-order valence-electron chi connectivity index (χ0n) is 13.2. The predicted octanol–water partition coefficient (Wildman–Crippen LogP) is 4.87. The zero-order chi connectivity index (χ0) is 14.8. The molecule has 0 radical (unpaired) electrons. The lowest BCUT2D eigenvalue weighted by Crippen LogP contribution is -2.22. The first-order valence-corrected chi connectivity index (χ1v) is 7.77. The maximum atomic E-state index is 5.71. The molecule has 1 aromatic rings. The highest BCUT2D eigenvalue weighted by atomic mass is 16.5. The third-order valence-corrected chi connectivity index (χ3v) is 3.24. The van der Waals surface area contributed by atoms with Crippen LogP contribution in [0.4, 0.5) is 0 Å². The minimum Gasteiger partial charge on any atom is -0.494 e. The summed E-state index contributed by atoms with van der Waals surface area (Å²) in [6.45, 7) is 12.3. The van der Waals surface area contributed by atoms with Gasteiger partial charge in [0.15, 0.2) is 0 Å². The van der Waals surface area contributed by atoms with E-state index in [0.29, 0.717) is 6.04 Å². The molecule has 2 nitrogen and oxygen atoms in total. The number of hydrogen-bond acceptors (Lipinski definition) is 2. The first kappa shape index (κ1) is 16.8. The van der Waals surface area contributed by atoms with Crippen molar-refractivity contribution in [2.45, 2.75) is 52.5 Å². The summed E-state index contributed by atoms with van der Waals surface area (Å²) in [7, 11) is 0. The molecule has 0 bridgehead atoms. The summed E-state index contributed by atoms with van der Waals surface area (Å²) >= 11 is 0. The molecule has 1 unspecified atom stereocenters. The fourth-order valence-electron chi connectivity index (χ4n) is 2.11. The summed E-state index contributed by atoms with van der Waals surface area (Å²) in [6.07, 6.45) is 4.40. The molecule has 112 valence electrons. The van der Waals surface area contributed by atoms with Gasteiger partial charge < -0.3 is 10.1 Å². The Hall–Kier alpha value is -1.28. The Balaban J connectivity index is 2.63. The molecule has 0 saturated heterocycles. The highest BCUT2D eigenvalue weighted by Crippen LogP contribution is 2.23. The van der Waals surface area contributed by atoms with Crippen LogP contribution in [0.25, 0.3) is 0 Å². The van der Waals surface area contributed by atoms with Crippen LogP contribution in [0.2, 0.25) is 0 Å². The molecular weight excluding hydrogens is 246 g/mol. The molecule has 1 N–H and O–H groups in total. The number of ether oxygens (including phenoxy) is 1. The lowest BCUT2D eigenvalue weighted by atomic mass is 10.00. The van der Waals surface area contributed by atoms with E-state index in [2.05, 4.69) is 56.9 Å². The van der Waals surface area contributed by atoms with E-state index in [-0.39, 0.29) is 0 Å². The number of rotatable bonds is 10. The highest BCUT2D eigenvalue weighted by Gasteiger charge is 2.10. The average Bonchev–Trinajstić information content (AvgIpc) is 2.44. The summed E-state index contributed by atoms with van der Waals surface area (Å²) in [5.41, 5.74) is 2.52. The molecule has 2 heteroatoms. The second-order valence-electron chi connectivity index (χ2n) is 5.44. The molecule has 0 fully saturated rings. The van der Waals surface area contributed by atoms with Gasteiger partial charge in [0.1, 0.15) is 5.75 Å². The summed E-state index contributed by atoms with van der Waals surface area (Å²) in [5.74, 6) is 0.965. The Morgan fingerprint density at radius 3 is 2.45 bits per heavy atom. The van der Waals surface area contributed by atoms with Crippen LogP contribution in [0, 0.1) is 0 Å². The van der Waals surface area contributed by atoms with Crippen molar-refractivity contribution in [3.8, 4) is 5.75 Å². The predicted molar refractivity (Wildman–Crippen MR) is 87.3 cm³/mol. The Kier molecular flexibility index (Phi) is 8.05. The first-order valence-electron chi connectivity index (χ1n) is 7.77. The van der Waals surface area contributed by atoms with Crippen molar-refractivity contribution in [2.24, 2.45) is 0 Å². The van der Waals surface area contributed by atoms with Crippen LogP contribution in [0.3, 0.4) is 0 Å².